The molecule has 2 aromatic rings. The fraction of sp³-hybridized carbons (Fsp3) is 0.182. The van der Waals surface area contributed by atoms with Gasteiger partial charge in [-0.2, -0.15) is 8.42 Å². The minimum absolute atomic E-state index is 0.0571. The van der Waals surface area contributed by atoms with Crippen LogP contribution in [0.25, 0.3) is 0 Å². The zero-order chi connectivity index (χ0) is 14.4. The highest BCUT2D eigenvalue weighted by molar-refractivity contribution is 7.93. The van der Waals surface area contributed by atoms with Gasteiger partial charge in [0.25, 0.3) is 10.0 Å². The topological polar surface area (TPSA) is 109 Å². The zero-order valence-electron chi connectivity index (χ0n) is 10.2. The summed E-state index contributed by atoms with van der Waals surface area (Å²) in [5, 5.41) is -0.112. The summed E-state index contributed by atoms with van der Waals surface area (Å²) in [6, 6.07) is 4.82. The van der Waals surface area contributed by atoms with E-state index in [1.165, 1.54) is 18.5 Å². The fourth-order valence-electron chi connectivity index (χ4n) is 2.13. The average molecular weight is 313 g/mol. The van der Waals surface area contributed by atoms with Crippen LogP contribution in [0, 0.1) is 0 Å². The van der Waals surface area contributed by atoms with Gasteiger partial charge in [-0.3, -0.25) is 4.72 Å². The van der Waals surface area contributed by atoms with Crippen LogP contribution in [0.3, 0.4) is 0 Å². The Kier molecular flexibility index (Phi) is 2.83. The lowest BCUT2D eigenvalue weighted by atomic mass is 10.3. The molecule has 0 radical (unpaired) electrons. The lowest BCUT2D eigenvalue weighted by Gasteiger charge is -2.06. The molecule has 0 atom stereocenters. The molecule has 3 heterocycles. The van der Waals surface area contributed by atoms with Crippen molar-refractivity contribution in [3.63, 3.8) is 0 Å². The maximum atomic E-state index is 12.3. The van der Waals surface area contributed by atoms with Crippen LogP contribution in [0.15, 0.2) is 40.5 Å². The Morgan fingerprint density at radius 3 is 2.80 bits per heavy atom. The van der Waals surface area contributed by atoms with Gasteiger partial charge in [0, 0.05) is 18.0 Å². The Balaban J connectivity index is 2.02. The number of nitrogens with zero attached hydrogens (tertiary/aromatic N) is 1. The van der Waals surface area contributed by atoms with Crippen molar-refractivity contribution < 1.29 is 16.8 Å². The number of sulfone groups is 1. The molecule has 0 fully saturated rings. The number of anilines is 1. The van der Waals surface area contributed by atoms with E-state index < -0.39 is 19.9 Å². The van der Waals surface area contributed by atoms with Gasteiger partial charge in [0.2, 0.25) is 0 Å². The van der Waals surface area contributed by atoms with E-state index in [0.29, 0.717) is 5.56 Å². The van der Waals surface area contributed by atoms with Crippen molar-refractivity contribution in [2.45, 2.75) is 16.3 Å². The molecule has 20 heavy (non-hydrogen) atoms. The van der Waals surface area contributed by atoms with Gasteiger partial charge in [0.15, 0.2) is 14.9 Å². The third-order valence-electron chi connectivity index (χ3n) is 3.03. The molecule has 1 aliphatic rings. The van der Waals surface area contributed by atoms with Crippen LogP contribution in [0.1, 0.15) is 5.56 Å². The number of aromatic amines is 1. The molecule has 0 aromatic carbocycles. The third-order valence-corrected chi connectivity index (χ3v) is 6.19. The SMILES string of the molecule is O=S1(=O)CCc2c1c[nH]c2S(=O)(=O)Nc1ccccn1. The Bertz CT molecular complexity index is 854. The molecule has 9 heteroatoms. The molecule has 0 unspecified atom stereocenters. The summed E-state index contributed by atoms with van der Waals surface area (Å²) in [5.74, 6) is 0.120. The van der Waals surface area contributed by atoms with Crippen LogP contribution in [0.2, 0.25) is 0 Å². The maximum absolute atomic E-state index is 12.3. The van der Waals surface area contributed by atoms with E-state index in [1.54, 1.807) is 12.1 Å². The van der Waals surface area contributed by atoms with Crippen LogP contribution in [0.5, 0.6) is 0 Å². The molecule has 3 rings (SSSR count). The lowest BCUT2D eigenvalue weighted by Crippen LogP contribution is -2.15. The number of nitrogens with one attached hydrogen (secondary N) is 2. The molecule has 0 bridgehead atoms. The van der Waals surface area contributed by atoms with Crippen LogP contribution in [0.4, 0.5) is 5.82 Å². The maximum Gasteiger partial charge on any atom is 0.278 e. The van der Waals surface area contributed by atoms with Crippen LogP contribution >= 0.6 is 0 Å². The second kappa shape index (κ2) is 4.32. The first kappa shape index (κ1) is 13.1. The van der Waals surface area contributed by atoms with Crippen LogP contribution in [-0.2, 0) is 26.3 Å². The fourth-order valence-corrected chi connectivity index (χ4v) is 4.95. The molecule has 1 aliphatic heterocycles. The lowest BCUT2D eigenvalue weighted by molar-refractivity contribution is 0.595. The zero-order valence-corrected chi connectivity index (χ0v) is 11.8. The number of hydrogen-bond donors (Lipinski definition) is 2. The molecule has 0 saturated carbocycles. The van der Waals surface area contributed by atoms with Crippen LogP contribution < -0.4 is 4.72 Å². The largest absolute Gasteiger partial charge is 0.349 e. The van der Waals surface area contributed by atoms with E-state index in [-0.39, 0.29) is 27.9 Å². The van der Waals surface area contributed by atoms with Gasteiger partial charge in [0.05, 0.1) is 10.6 Å². The number of hydrogen-bond acceptors (Lipinski definition) is 5. The Morgan fingerprint density at radius 1 is 1.30 bits per heavy atom. The number of aromatic nitrogens is 2. The molecule has 7 nitrogen and oxygen atoms in total. The number of fused-ring (bicyclic) bond motifs is 1. The predicted octanol–water partition coefficient (Wildman–Crippen LogP) is 0.540. The summed E-state index contributed by atoms with van der Waals surface area (Å²) < 4.78 is 50.2. The van der Waals surface area contributed by atoms with Crippen molar-refractivity contribution in [1.29, 1.82) is 0 Å². The summed E-state index contributed by atoms with van der Waals surface area (Å²) in [5.41, 5.74) is 0.313. The van der Waals surface area contributed by atoms with E-state index in [2.05, 4.69) is 14.7 Å². The van der Waals surface area contributed by atoms with Gasteiger partial charge in [-0.1, -0.05) is 6.07 Å². The average Bonchev–Trinajstić information content (AvgIpc) is 2.93. The first-order valence-corrected chi connectivity index (χ1v) is 8.90. The van der Waals surface area contributed by atoms with Crippen molar-refractivity contribution in [2.75, 3.05) is 10.5 Å². The highest BCUT2D eigenvalue weighted by Crippen LogP contribution is 2.31. The van der Waals surface area contributed by atoms with E-state index in [9.17, 15) is 16.8 Å². The molecular weight excluding hydrogens is 302 g/mol. The highest BCUT2D eigenvalue weighted by atomic mass is 32.2. The van der Waals surface area contributed by atoms with Gasteiger partial charge >= 0.3 is 0 Å². The standard InChI is InChI=1S/C11H11N3O4S2/c15-19(16)6-4-8-9(19)7-13-11(8)20(17,18)14-10-3-1-2-5-12-10/h1-3,5,7,13H,4,6H2,(H,12,14). The third kappa shape index (κ3) is 2.08. The summed E-state index contributed by atoms with van der Waals surface area (Å²) >= 11 is 0. The monoisotopic (exact) mass is 313 g/mol. The molecule has 2 aromatic heterocycles. The van der Waals surface area contributed by atoms with Crippen molar-refractivity contribution in [3.8, 4) is 0 Å². The predicted molar refractivity (Wildman–Crippen MR) is 71.6 cm³/mol. The molecule has 0 saturated heterocycles. The Morgan fingerprint density at radius 2 is 2.10 bits per heavy atom. The molecule has 106 valence electrons. The first-order chi connectivity index (χ1) is 9.40. The highest BCUT2D eigenvalue weighted by Gasteiger charge is 2.34. The van der Waals surface area contributed by atoms with Crippen molar-refractivity contribution in [2.24, 2.45) is 0 Å². The minimum Gasteiger partial charge on any atom is -0.349 e. The number of H-pyrrole nitrogens is 1. The first-order valence-electron chi connectivity index (χ1n) is 5.77. The van der Waals surface area contributed by atoms with E-state index >= 15 is 0 Å². The molecule has 0 spiro atoms. The van der Waals surface area contributed by atoms with Crippen LogP contribution in [-0.4, -0.2) is 32.6 Å². The van der Waals surface area contributed by atoms with Crippen molar-refractivity contribution in [3.05, 3.63) is 36.2 Å². The van der Waals surface area contributed by atoms with Crippen molar-refractivity contribution >= 4 is 25.7 Å². The Labute approximate surface area is 116 Å². The number of rotatable bonds is 3. The summed E-state index contributed by atoms with van der Waals surface area (Å²) in [4.78, 5) is 6.48. The summed E-state index contributed by atoms with van der Waals surface area (Å²) in [7, 11) is -7.23. The van der Waals surface area contributed by atoms with Crippen molar-refractivity contribution in [1.82, 2.24) is 9.97 Å². The van der Waals surface area contributed by atoms with Gasteiger partial charge in [-0.05, 0) is 18.6 Å². The molecule has 0 amide bonds. The smallest absolute Gasteiger partial charge is 0.278 e. The minimum atomic E-state index is -3.88. The van der Waals surface area contributed by atoms with E-state index in [1.807, 2.05) is 0 Å². The van der Waals surface area contributed by atoms with E-state index in [4.69, 9.17) is 0 Å². The Hall–Kier alpha value is -1.87. The molecular formula is C11H11N3O4S2. The van der Waals surface area contributed by atoms with Gasteiger partial charge in [-0.25, -0.2) is 13.4 Å². The quantitative estimate of drug-likeness (QED) is 0.859. The normalized spacial score (nSPS) is 16.8. The summed E-state index contributed by atoms with van der Waals surface area (Å²) in [6.45, 7) is 0. The van der Waals surface area contributed by atoms with Gasteiger partial charge < -0.3 is 4.98 Å². The second-order valence-electron chi connectivity index (χ2n) is 4.35. The number of sulfonamides is 1. The van der Waals surface area contributed by atoms with Gasteiger partial charge in [0.1, 0.15) is 5.82 Å². The molecule has 0 aliphatic carbocycles. The van der Waals surface area contributed by atoms with E-state index in [0.717, 1.165) is 0 Å². The second-order valence-corrected chi connectivity index (χ2v) is 8.05. The number of pyridine rings is 1. The molecule has 2 N–H and O–H groups in total. The summed E-state index contributed by atoms with van der Waals surface area (Å²) in [6.07, 6.45) is 2.88. The van der Waals surface area contributed by atoms with Gasteiger partial charge in [-0.15, -0.1) is 0 Å².